The number of nitrogens with zero attached hydrogens (tertiary/aromatic N) is 1. The van der Waals surface area contributed by atoms with E-state index in [1.807, 2.05) is 55.1 Å². The van der Waals surface area contributed by atoms with Crippen LogP contribution in [0, 0.1) is 5.92 Å². The van der Waals surface area contributed by atoms with Crippen LogP contribution >= 0.6 is 0 Å². The molecule has 4 rings (SSSR count). The Hall–Kier alpha value is -3.02. The summed E-state index contributed by atoms with van der Waals surface area (Å²) in [7, 11) is 0. The number of esters is 1. The van der Waals surface area contributed by atoms with E-state index in [-0.39, 0.29) is 31.5 Å². The van der Waals surface area contributed by atoms with Crippen LogP contribution in [0.25, 0.3) is 0 Å². The number of carbonyl (C=O) groups is 2. The van der Waals surface area contributed by atoms with Crippen molar-refractivity contribution in [3.8, 4) is 5.75 Å². The third-order valence-electron chi connectivity index (χ3n) is 7.34. The summed E-state index contributed by atoms with van der Waals surface area (Å²) in [6.45, 7) is 4.83. The van der Waals surface area contributed by atoms with E-state index >= 15 is 0 Å². The summed E-state index contributed by atoms with van der Waals surface area (Å²) in [4.78, 5) is 26.7. The molecule has 1 amide bonds. The van der Waals surface area contributed by atoms with Gasteiger partial charge in [-0.05, 0) is 73.3 Å². The van der Waals surface area contributed by atoms with Crippen LogP contribution in [0.2, 0.25) is 0 Å². The van der Waals surface area contributed by atoms with Crippen molar-refractivity contribution in [3.63, 3.8) is 0 Å². The van der Waals surface area contributed by atoms with E-state index in [2.05, 4.69) is 12.1 Å². The first-order chi connectivity index (χ1) is 17.1. The third kappa shape index (κ3) is 6.16. The molecule has 6 nitrogen and oxygen atoms in total. The van der Waals surface area contributed by atoms with Gasteiger partial charge in [0.25, 0.3) is 0 Å². The fourth-order valence-corrected chi connectivity index (χ4v) is 5.66. The molecule has 0 N–H and O–H groups in total. The van der Waals surface area contributed by atoms with E-state index in [9.17, 15) is 9.59 Å². The summed E-state index contributed by atoms with van der Waals surface area (Å²) in [6, 6.07) is 16.1. The van der Waals surface area contributed by atoms with Gasteiger partial charge in [-0.1, -0.05) is 56.2 Å². The molecule has 1 unspecified atom stereocenters. The molecule has 1 fully saturated rings. The van der Waals surface area contributed by atoms with Crippen LogP contribution in [0.5, 0.6) is 5.75 Å². The van der Waals surface area contributed by atoms with E-state index < -0.39 is 0 Å². The number of fused-ring (bicyclic) bond motifs is 3. The van der Waals surface area contributed by atoms with Crippen molar-refractivity contribution < 1.29 is 23.8 Å². The number of carbonyl (C=O) groups excluding carboxylic acids is 2. The molecule has 6 heteroatoms. The lowest BCUT2D eigenvalue weighted by atomic mass is 9.65. The summed E-state index contributed by atoms with van der Waals surface area (Å²) in [6.07, 6.45) is 6.34. The Morgan fingerprint density at radius 1 is 1.00 bits per heavy atom. The van der Waals surface area contributed by atoms with Crippen molar-refractivity contribution in [2.24, 2.45) is 5.92 Å². The van der Waals surface area contributed by atoms with Crippen LogP contribution in [0.1, 0.15) is 75.0 Å². The van der Waals surface area contributed by atoms with E-state index in [0.717, 1.165) is 37.0 Å². The minimum Gasteiger partial charge on any atom is -0.457 e. The molecule has 2 aromatic carbocycles. The largest absolute Gasteiger partial charge is 0.457 e. The van der Waals surface area contributed by atoms with Gasteiger partial charge in [0.1, 0.15) is 12.4 Å². The molecule has 2 aliphatic rings. The van der Waals surface area contributed by atoms with Gasteiger partial charge in [0.2, 0.25) is 6.79 Å². The maximum atomic E-state index is 13.1. The molecule has 0 saturated heterocycles. The predicted octanol–water partition coefficient (Wildman–Crippen LogP) is 6.22. The van der Waals surface area contributed by atoms with Crippen molar-refractivity contribution in [1.29, 1.82) is 0 Å². The normalized spacial score (nSPS) is 20.8. The molecule has 0 spiro atoms. The Kier molecular flexibility index (Phi) is 8.67. The second-order valence-corrected chi connectivity index (χ2v) is 9.54. The lowest BCUT2D eigenvalue weighted by Crippen LogP contribution is -2.50. The topological polar surface area (TPSA) is 65.1 Å². The number of amides is 1. The van der Waals surface area contributed by atoms with Crippen molar-refractivity contribution >= 4 is 12.1 Å². The second kappa shape index (κ2) is 12.1. The van der Waals surface area contributed by atoms with Crippen LogP contribution in [-0.4, -0.2) is 36.3 Å². The van der Waals surface area contributed by atoms with Crippen molar-refractivity contribution in [3.05, 3.63) is 65.2 Å². The fraction of sp³-hybridized carbons (Fsp3) is 0.517. The number of ether oxygens (including phenoxy) is 3. The lowest BCUT2D eigenvalue weighted by Gasteiger charge is -2.46. The third-order valence-corrected chi connectivity index (χ3v) is 7.34. The molecule has 0 aromatic heterocycles. The Morgan fingerprint density at radius 2 is 1.80 bits per heavy atom. The van der Waals surface area contributed by atoms with Crippen molar-refractivity contribution in [2.75, 3.05) is 13.3 Å². The monoisotopic (exact) mass is 479 g/mol. The smallest absolute Gasteiger partial charge is 0.410 e. The highest BCUT2D eigenvalue weighted by atomic mass is 16.7. The summed E-state index contributed by atoms with van der Waals surface area (Å²) in [5, 5.41) is 0. The molecule has 0 aliphatic heterocycles. The van der Waals surface area contributed by atoms with Gasteiger partial charge in [0.15, 0.2) is 0 Å². The Morgan fingerprint density at radius 3 is 2.57 bits per heavy atom. The fourth-order valence-electron chi connectivity index (χ4n) is 5.66. The Labute approximate surface area is 208 Å². The minimum absolute atomic E-state index is 0.0643. The molecule has 0 bridgehead atoms. The molecule has 2 aliphatic carbocycles. The summed E-state index contributed by atoms with van der Waals surface area (Å²) in [5.41, 5.74) is 3.58. The van der Waals surface area contributed by atoms with Crippen LogP contribution in [0.4, 0.5) is 4.79 Å². The number of likely N-dealkylation sites (N-methyl/N-ethyl adjacent to an activating group) is 1. The first-order valence-electron chi connectivity index (χ1n) is 13.0. The SMILES string of the molecule is CCCC(=O)OCOc1ccc2c(c1)C1CCCC[C@@H]1[C@@H](N(CC)C(=O)OCc1ccccc1)C2. The molecule has 188 valence electrons. The molecule has 0 radical (unpaired) electrons. The summed E-state index contributed by atoms with van der Waals surface area (Å²) >= 11 is 0. The van der Waals surface area contributed by atoms with Gasteiger partial charge in [-0.25, -0.2) is 4.79 Å². The van der Waals surface area contributed by atoms with E-state index in [1.54, 1.807) is 0 Å². The van der Waals surface area contributed by atoms with Gasteiger partial charge in [0.05, 0.1) is 0 Å². The van der Waals surface area contributed by atoms with Gasteiger partial charge >= 0.3 is 12.1 Å². The first-order valence-corrected chi connectivity index (χ1v) is 13.0. The van der Waals surface area contributed by atoms with Gasteiger partial charge in [-0.3, -0.25) is 4.79 Å². The quantitative estimate of drug-likeness (QED) is 0.315. The number of hydrogen-bond donors (Lipinski definition) is 0. The predicted molar refractivity (Wildman–Crippen MR) is 134 cm³/mol. The lowest BCUT2D eigenvalue weighted by molar-refractivity contribution is -0.150. The van der Waals surface area contributed by atoms with E-state index in [4.69, 9.17) is 14.2 Å². The van der Waals surface area contributed by atoms with Crippen LogP contribution in [0.15, 0.2) is 48.5 Å². The zero-order valence-corrected chi connectivity index (χ0v) is 20.9. The van der Waals surface area contributed by atoms with E-state index in [0.29, 0.717) is 24.8 Å². The highest BCUT2D eigenvalue weighted by molar-refractivity contribution is 5.69. The Balaban J connectivity index is 1.47. The van der Waals surface area contributed by atoms with E-state index in [1.165, 1.54) is 24.0 Å². The molecule has 3 atom stereocenters. The highest BCUT2D eigenvalue weighted by Gasteiger charge is 2.42. The minimum atomic E-state index is -0.237. The van der Waals surface area contributed by atoms with Crippen molar-refractivity contribution in [2.45, 2.75) is 77.4 Å². The van der Waals surface area contributed by atoms with Gasteiger partial charge in [0, 0.05) is 19.0 Å². The zero-order chi connectivity index (χ0) is 24.6. The Bertz CT molecular complexity index is 992. The average molecular weight is 480 g/mol. The maximum Gasteiger partial charge on any atom is 0.410 e. The second-order valence-electron chi connectivity index (χ2n) is 9.54. The molecule has 1 saturated carbocycles. The molecule has 35 heavy (non-hydrogen) atoms. The van der Waals surface area contributed by atoms with Gasteiger partial charge in [-0.15, -0.1) is 0 Å². The summed E-state index contributed by atoms with van der Waals surface area (Å²) < 4.78 is 16.6. The standard InChI is InChI=1S/C29H37NO5/c1-3-10-28(31)35-20-34-23-16-15-22-17-27(25-14-9-8-13-24(25)26(22)18-23)30(4-2)29(32)33-19-21-11-6-5-7-12-21/h5-7,11-12,15-16,18,24-25,27H,3-4,8-10,13-14,17,19-20H2,1-2H3/t24?,25-,27-/m0/s1. The number of benzene rings is 2. The maximum absolute atomic E-state index is 13.1. The molecular formula is C29H37NO5. The van der Waals surface area contributed by atoms with Crippen LogP contribution in [-0.2, 0) is 27.3 Å². The van der Waals surface area contributed by atoms with Crippen molar-refractivity contribution in [1.82, 2.24) is 4.90 Å². The van der Waals surface area contributed by atoms with Crippen LogP contribution in [0.3, 0.4) is 0 Å². The summed E-state index contributed by atoms with van der Waals surface area (Å²) in [5.74, 6) is 1.28. The average Bonchev–Trinajstić information content (AvgIpc) is 2.89. The molecule has 0 heterocycles. The number of hydrogen-bond acceptors (Lipinski definition) is 5. The van der Waals surface area contributed by atoms with Gasteiger partial charge < -0.3 is 19.1 Å². The van der Waals surface area contributed by atoms with Gasteiger partial charge in [-0.2, -0.15) is 0 Å². The van der Waals surface area contributed by atoms with Crippen LogP contribution < -0.4 is 4.74 Å². The molecular weight excluding hydrogens is 442 g/mol. The first kappa shape index (κ1) is 25.1. The molecule has 2 aromatic rings. The highest BCUT2D eigenvalue weighted by Crippen LogP contribution is 2.47. The number of rotatable bonds is 9. The zero-order valence-electron chi connectivity index (χ0n) is 20.9.